The van der Waals surface area contributed by atoms with E-state index < -0.39 is 17.7 Å². The molecule has 0 saturated heterocycles. The summed E-state index contributed by atoms with van der Waals surface area (Å²) < 4.78 is 28.2. The van der Waals surface area contributed by atoms with E-state index in [2.05, 4.69) is 20.8 Å². The second-order valence-corrected chi connectivity index (χ2v) is 5.59. The van der Waals surface area contributed by atoms with Crippen molar-refractivity contribution < 1.29 is 13.6 Å². The third-order valence-corrected chi connectivity index (χ3v) is 3.77. The van der Waals surface area contributed by atoms with Crippen LogP contribution in [0.15, 0.2) is 42.6 Å². The van der Waals surface area contributed by atoms with Crippen LogP contribution in [-0.2, 0) is 6.42 Å². The van der Waals surface area contributed by atoms with Crippen molar-refractivity contribution in [3.8, 4) is 0 Å². The summed E-state index contributed by atoms with van der Waals surface area (Å²) in [5.74, 6) is -0.637. The molecule has 6 nitrogen and oxygen atoms in total. The summed E-state index contributed by atoms with van der Waals surface area (Å²) in [6.45, 7) is 2.02. The predicted molar refractivity (Wildman–Crippen MR) is 88.0 cm³/mol. The molecule has 1 atom stereocenters. The molecule has 0 spiro atoms. The highest BCUT2D eigenvalue weighted by Crippen LogP contribution is 2.12. The largest absolute Gasteiger partial charge is 0.338 e. The lowest BCUT2D eigenvalue weighted by molar-refractivity contribution is 0.237. The fourth-order valence-corrected chi connectivity index (χ4v) is 2.50. The molecule has 130 valence electrons. The Morgan fingerprint density at radius 2 is 2.08 bits per heavy atom. The number of aromatic nitrogens is 3. The number of urea groups is 1. The predicted octanol–water partition coefficient (Wildman–Crippen LogP) is 2.61. The third-order valence-electron chi connectivity index (χ3n) is 3.77. The number of nitrogens with one attached hydrogen (secondary N) is 2. The summed E-state index contributed by atoms with van der Waals surface area (Å²) in [6.07, 6.45) is 2.08. The molecule has 8 heteroatoms. The van der Waals surface area contributed by atoms with Gasteiger partial charge in [-0.15, -0.1) is 10.2 Å². The van der Waals surface area contributed by atoms with Crippen molar-refractivity contribution in [1.29, 1.82) is 0 Å². The lowest BCUT2D eigenvalue weighted by Crippen LogP contribution is -2.38. The maximum atomic E-state index is 13.5. The molecule has 2 N–H and O–H groups in total. The van der Waals surface area contributed by atoms with Gasteiger partial charge in [-0.25, -0.2) is 13.6 Å². The molecule has 0 aliphatic rings. The van der Waals surface area contributed by atoms with Gasteiger partial charge in [-0.2, -0.15) is 0 Å². The number of hydrogen-bond acceptors (Lipinski definition) is 3. The zero-order valence-corrected chi connectivity index (χ0v) is 13.5. The highest BCUT2D eigenvalue weighted by molar-refractivity contribution is 5.74. The lowest BCUT2D eigenvalue weighted by atomic mass is 10.1. The Hall–Kier alpha value is -3.03. The van der Waals surface area contributed by atoms with Gasteiger partial charge in [0.2, 0.25) is 0 Å². The van der Waals surface area contributed by atoms with Gasteiger partial charge in [0.25, 0.3) is 0 Å². The van der Waals surface area contributed by atoms with Crippen LogP contribution in [0.1, 0.15) is 24.4 Å². The molecule has 0 fully saturated rings. The van der Waals surface area contributed by atoms with Crippen molar-refractivity contribution >= 4 is 11.7 Å². The molecule has 3 aromatic rings. The molecular weight excluding hydrogens is 328 g/mol. The SMILES string of the molecule is C[C@@H](NC(=O)NCCc1ccc(F)cc1F)c1nnc2ccccn12. The molecule has 25 heavy (non-hydrogen) atoms. The molecule has 0 aliphatic heterocycles. The van der Waals surface area contributed by atoms with Crippen LogP contribution in [0.2, 0.25) is 0 Å². The van der Waals surface area contributed by atoms with Crippen molar-refractivity contribution in [3.63, 3.8) is 0 Å². The number of fused-ring (bicyclic) bond motifs is 1. The van der Waals surface area contributed by atoms with Crippen LogP contribution in [-0.4, -0.2) is 27.2 Å². The molecule has 1 aromatic carbocycles. The van der Waals surface area contributed by atoms with Crippen LogP contribution >= 0.6 is 0 Å². The second-order valence-electron chi connectivity index (χ2n) is 5.59. The first-order chi connectivity index (χ1) is 12.0. The smallest absolute Gasteiger partial charge is 0.315 e. The number of halogens is 2. The minimum Gasteiger partial charge on any atom is -0.338 e. The van der Waals surface area contributed by atoms with E-state index in [1.165, 1.54) is 12.1 Å². The molecule has 0 bridgehead atoms. The first-order valence-electron chi connectivity index (χ1n) is 7.82. The Balaban J connectivity index is 1.53. The number of carbonyl (C=O) groups is 1. The monoisotopic (exact) mass is 345 g/mol. The first-order valence-corrected chi connectivity index (χ1v) is 7.82. The van der Waals surface area contributed by atoms with Gasteiger partial charge in [-0.1, -0.05) is 12.1 Å². The van der Waals surface area contributed by atoms with Gasteiger partial charge in [-0.05, 0) is 37.1 Å². The van der Waals surface area contributed by atoms with Crippen molar-refractivity contribution in [1.82, 2.24) is 25.2 Å². The summed E-state index contributed by atoms with van der Waals surface area (Å²) in [5, 5.41) is 13.5. The van der Waals surface area contributed by atoms with E-state index in [-0.39, 0.29) is 19.0 Å². The Morgan fingerprint density at radius 1 is 1.24 bits per heavy atom. The fourth-order valence-electron chi connectivity index (χ4n) is 2.50. The van der Waals surface area contributed by atoms with Gasteiger partial charge >= 0.3 is 6.03 Å². The van der Waals surface area contributed by atoms with Crippen LogP contribution in [0, 0.1) is 11.6 Å². The Morgan fingerprint density at radius 3 is 2.88 bits per heavy atom. The molecule has 0 saturated carbocycles. The van der Waals surface area contributed by atoms with E-state index in [1.54, 1.807) is 11.3 Å². The topological polar surface area (TPSA) is 71.3 Å². The molecule has 2 amide bonds. The molecule has 2 heterocycles. The van der Waals surface area contributed by atoms with Crippen LogP contribution < -0.4 is 10.6 Å². The number of amides is 2. The van der Waals surface area contributed by atoms with Crippen LogP contribution in [0.5, 0.6) is 0 Å². The standard InChI is InChI=1S/C17H17F2N5O/c1-11(16-23-22-15-4-2-3-9-24(15)16)21-17(25)20-8-7-12-5-6-13(18)10-14(12)19/h2-6,9-11H,7-8H2,1H3,(H2,20,21,25)/t11-/m1/s1. The van der Waals surface area contributed by atoms with E-state index in [0.717, 1.165) is 6.07 Å². The minimum atomic E-state index is -0.624. The van der Waals surface area contributed by atoms with Crippen molar-refractivity contribution in [2.75, 3.05) is 6.54 Å². The summed E-state index contributed by atoms with van der Waals surface area (Å²) in [6, 6.07) is 8.15. The molecule has 0 radical (unpaired) electrons. The highest BCUT2D eigenvalue weighted by atomic mass is 19.1. The number of rotatable bonds is 5. The zero-order valence-electron chi connectivity index (χ0n) is 13.5. The number of pyridine rings is 1. The van der Waals surface area contributed by atoms with Gasteiger partial charge < -0.3 is 10.6 Å². The van der Waals surface area contributed by atoms with Gasteiger partial charge in [0, 0.05) is 18.8 Å². The maximum absolute atomic E-state index is 13.5. The normalized spacial score (nSPS) is 12.1. The summed E-state index contributed by atoms with van der Waals surface area (Å²) in [5.41, 5.74) is 1.04. The van der Waals surface area contributed by atoms with E-state index in [0.29, 0.717) is 17.0 Å². The van der Waals surface area contributed by atoms with Crippen LogP contribution in [0.4, 0.5) is 13.6 Å². The third kappa shape index (κ3) is 3.90. The Bertz CT molecular complexity index is 896. The molecular formula is C17H17F2N5O. The number of nitrogens with zero attached hydrogens (tertiary/aromatic N) is 3. The maximum Gasteiger partial charge on any atom is 0.315 e. The van der Waals surface area contributed by atoms with E-state index in [9.17, 15) is 13.6 Å². The van der Waals surface area contributed by atoms with Crippen LogP contribution in [0.25, 0.3) is 5.65 Å². The van der Waals surface area contributed by atoms with E-state index >= 15 is 0 Å². The molecule has 0 aliphatic carbocycles. The summed E-state index contributed by atoms with van der Waals surface area (Å²) >= 11 is 0. The minimum absolute atomic E-state index is 0.224. The van der Waals surface area contributed by atoms with Gasteiger partial charge in [-0.3, -0.25) is 4.40 Å². The number of benzene rings is 1. The number of hydrogen-bond donors (Lipinski definition) is 2. The van der Waals surface area contributed by atoms with Crippen molar-refractivity contribution in [2.45, 2.75) is 19.4 Å². The van der Waals surface area contributed by atoms with Gasteiger partial charge in [0.15, 0.2) is 11.5 Å². The summed E-state index contributed by atoms with van der Waals surface area (Å²) in [4.78, 5) is 12.0. The quantitative estimate of drug-likeness (QED) is 0.747. The van der Waals surface area contributed by atoms with Crippen molar-refractivity contribution in [2.24, 2.45) is 0 Å². The molecule has 3 rings (SSSR count). The summed E-state index contributed by atoms with van der Waals surface area (Å²) in [7, 11) is 0. The first kappa shape index (κ1) is 16.8. The average Bonchev–Trinajstić information content (AvgIpc) is 3.01. The van der Waals surface area contributed by atoms with E-state index in [1.807, 2.05) is 24.4 Å². The molecule has 2 aromatic heterocycles. The average molecular weight is 345 g/mol. The zero-order chi connectivity index (χ0) is 17.8. The highest BCUT2D eigenvalue weighted by Gasteiger charge is 2.15. The van der Waals surface area contributed by atoms with Gasteiger partial charge in [0.05, 0.1) is 6.04 Å². The van der Waals surface area contributed by atoms with Gasteiger partial charge in [0.1, 0.15) is 11.6 Å². The Labute approximate surface area is 142 Å². The van der Waals surface area contributed by atoms with Crippen molar-refractivity contribution in [3.05, 3.63) is 65.6 Å². The number of carbonyl (C=O) groups excluding carboxylic acids is 1. The second kappa shape index (κ2) is 7.25. The molecule has 0 unspecified atom stereocenters. The van der Waals surface area contributed by atoms with Crippen LogP contribution in [0.3, 0.4) is 0 Å². The Kier molecular flexibility index (Phi) is 4.87. The fraction of sp³-hybridized carbons (Fsp3) is 0.235. The van der Waals surface area contributed by atoms with E-state index in [4.69, 9.17) is 0 Å². The lowest BCUT2D eigenvalue weighted by Gasteiger charge is -2.13.